The van der Waals surface area contributed by atoms with Crippen LogP contribution in [0.2, 0.25) is 6.04 Å². The van der Waals surface area contributed by atoms with Gasteiger partial charge < -0.3 is 13.3 Å². The van der Waals surface area contributed by atoms with Gasteiger partial charge in [-0.05, 0) is 33.3 Å². The molecule has 0 N–H and O–H groups in total. The van der Waals surface area contributed by atoms with Gasteiger partial charge in [0.05, 0.1) is 0 Å². The lowest BCUT2D eigenvalue weighted by atomic mass is 10.5. The van der Waals surface area contributed by atoms with Crippen LogP contribution in [-0.4, -0.2) is 34.6 Å². The Bertz CT molecular complexity index is 185. The van der Waals surface area contributed by atoms with Gasteiger partial charge in [0, 0.05) is 25.9 Å². The lowest BCUT2D eigenvalue weighted by Gasteiger charge is -2.27. The summed E-state index contributed by atoms with van der Waals surface area (Å²) in [7, 11) is -2.54. The number of rotatable bonds is 9. The summed E-state index contributed by atoms with van der Waals surface area (Å²) in [6, 6.07) is 0.637. The van der Waals surface area contributed by atoms with Crippen LogP contribution in [0.25, 0.3) is 0 Å². The molecule has 0 rings (SSSR count). The SMILES string of the molecule is CCO[Si](CCC=C=O)(OCC)OCC. The van der Waals surface area contributed by atoms with Gasteiger partial charge >= 0.3 is 8.80 Å². The Kier molecular flexibility index (Phi) is 8.56. The molecule has 0 heterocycles. The van der Waals surface area contributed by atoms with Gasteiger partial charge in [0.2, 0.25) is 0 Å². The van der Waals surface area contributed by atoms with Crippen molar-refractivity contribution in [1.29, 1.82) is 0 Å². The number of carbonyl (C=O) groups excluding carboxylic acids is 1. The Morgan fingerprint density at radius 3 is 1.87 bits per heavy atom. The summed E-state index contributed by atoms with van der Waals surface area (Å²) in [5.74, 6) is 1.75. The van der Waals surface area contributed by atoms with Crippen LogP contribution in [0.15, 0.2) is 6.08 Å². The number of hydrogen-bond donors (Lipinski definition) is 0. The molecule has 0 aliphatic carbocycles. The zero-order valence-electron chi connectivity index (χ0n) is 9.75. The third-order valence-corrected chi connectivity index (χ3v) is 4.86. The third-order valence-electron chi connectivity index (χ3n) is 1.77. The van der Waals surface area contributed by atoms with Gasteiger partial charge in [-0.1, -0.05) is 0 Å². The minimum absolute atomic E-state index is 0.566. The van der Waals surface area contributed by atoms with E-state index >= 15 is 0 Å². The van der Waals surface area contributed by atoms with E-state index in [1.54, 1.807) is 5.94 Å². The standard InChI is InChI=1S/C10H20O4Si/c1-4-12-15(13-5-2,14-6-3)10-8-7-9-11/h7H,4-6,8,10H2,1-3H3. The molecule has 0 unspecified atom stereocenters. The molecule has 0 aliphatic heterocycles. The van der Waals surface area contributed by atoms with Crippen molar-refractivity contribution in [2.75, 3.05) is 19.8 Å². The molecule has 0 spiro atoms. The predicted octanol–water partition coefficient (Wildman–Crippen LogP) is 1.81. The molecule has 0 fully saturated rings. The van der Waals surface area contributed by atoms with Crippen LogP contribution in [0, 0.1) is 0 Å². The molecule has 0 aliphatic rings. The molecule has 15 heavy (non-hydrogen) atoms. The Morgan fingerprint density at radius 2 is 1.53 bits per heavy atom. The molecule has 0 aromatic heterocycles. The predicted molar refractivity (Wildman–Crippen MR) is 60.3 cm³/mol. The first-order valence-corrected chi connectivity index (χ1v) is 7.29. The lowest BCUT2D eigenvalue weighted by molar-refractivity contribution is 0.0716. The minimum atomic E-state index is -2.54. The molecule has 0 bridgehead atoms. The van der Waals surface area contributed by atoms with Gasteiger partial charge in [-0.25, -0.2) is 4.79 Å². The van der Waals surface area contributed by atoms with Crippen LogP contribution >= 0.6 is 0 Å². The van der Waals surface area contributed by atoms with Crippen molar-refractivity contribution >= 4 is 14.7 Å². The summed E-state index contributed by atoms with van der Waals surface area (Å²) < 4.78 is 16.8. The van der Waals surface area contributed by atoms with Crippen molar-refractivity contribution in [3.8, 4) is 0 Å². The van der Waals surface area contributed by atoms with E-state index in [0.717, 1.165) is 0 Å². The number of allylic oxidation sites excluding steroid dienone is 1. The highest BCUT2D eigenvalue weighted by atomic mass is 28.4. The van der Waals surface area contributed by atoms with Crippen LogP contribution in [0.1, 0.15) is 27.2 Å². The van der Waals surface area contributed by atoms with Gasteiger partial charge in [0.1, 0.15) is 5.94 Å². The first-order chi connectivity index (χ1) is 7.24. The van der Waals surface area contributed by atoms with Gasteiger partial charge in [0.15, 0.2) is 0 Å². The second kappa shape index (κ2) is 8.82. The molecule has 0 saturated heterocycles. The molecular weight excluding hydrogens is 212 g/mol. The Balaban J connectivity index is 4.36. The molecule has 0 aromatic rings. The topological polar surface area (TPSA) is 44.8 Å². The summed E-state index contributed by atoms with van der Waals surface area (Å²) in [5, 5.41) is 0. The largest absolute Gasteiger partial charge is 0.501 e. The fraction of sp³-hybridized carbons (Fsp3) is 0.800. The second-order valence-electron chi connectivity index (χ2n) is 2.84. The zero-order valence-corrected chi connectivity index (χ0v) is 10.7. The van der Waals surface area contributed by atoms with E-state index in [1.165, 1.54) is 6.08 Å². The highest BCUT2D eigenvalue weighted by Crippen LogP contribution is 2.17. The van der Waals surface area contributed by atoms with Crippen molar-refractivity contribution in [2.45, 2.75) is 33.2 Å². The van der Waals surface area contributed by atoms with Crippen LogP contribution in [0.4, 0.5) is 0 Å². The maximum Gasteiger partial charge on any atom is 0.501 e. The molecule has 5 heteroatoms. The van der Waals surface area contributed by atoms with Crippen molar-refractivity contribution in [1.82, 2.24) is 0 Å². The lowest BCUT2D eigenvalue weighted by Crippen LogP contribution is -2.45. The van der Waals surface area contributed by atoms with Crippen molar-refractivity contribution in [3.63, 3.8) is 0 Å². The Morgan fingerprint density at radius 1 is 1.07 bits per heavy atom. The van der Waals surface area contributed by atoms with E-state index in [-0.39, 0.29) is 0 Å². The quantitative estimate of drug-likeness (QED) is 0.449. The smallest absolute Gasteiger partial charge is 0.374 e. The average molecular weight is 232 g/mol. The molecule has 0 amide bonds. The minimum Gasteiger partial charge on any atom is -0.374 e. The highest BCUT2D eigenvalue weighted by Gasteiger charge is 2.39. The fourth-order valence-corrected chi connectivity index (χ4v) is 3.81. The molecule has 0 atom stereocenters. The molecular formula is C10H20O4Si. The van der Waals surface area contributed by atoms with E-state index in [4.69, 9.17) is 13.3 Å². The summed E-state index contributed by atoms with van der Waals surface area (Å²) in [6.45, 7) is 7.44. The summed E-state index contributed by atoms with van der Waals surface area (Å²) in [5.41, 5.74) is 0. The monoisotopic (exact) mass is 232 g/mol. The van der Waals surface area contributed by atoms with Gasteiger partial charge in [0.25, 0.3) is 0 Å². The number of hydrogen-bond acceptors (Lipinski definition) is 4. The summed E-state index contributed by atoms with van der Waals surface area (Å²) in [4.78, 5) is 10.1. The summed E-state index contributed by atoms with van der Waals surface area (Å²) in [6.07, 6.45) is 2.04. The Labute approximate surface area is 92.6 Å². The Hall–Kier alpha value is -0.453. The first-order valence-electron chi connectivity index (χ1n) is 5.35. The molecule has 0 radical (unpaired) electrons. The van der Waals surface area contributed by atoms with E-state index in [0.29, 0.717) is 32.3 Å². The van der Waals surface area contributed by atoms with E-state index in [1.807, 2.05) is 20.8 Å². The third kappa shape index (κ3) is 5.87. The molecule has 4 nitrogen and oxygen atoms in total. The van der Waals surface area contributed by atoms with Crippen molar-refractivity contribution in [2.24, 2.45) is 0 Å². The van der Waals surface area contributed by atoms with E-state index < -0.39 is 8.80 Å². The maximum atomic E-state index is 10.1. The van der Waals surface area contributed by atoms with Crippen molar-refractivity contribution in [3.05, 3.63) is 6.08 Å². The van der Waals surface area contributed by atoms with Crippen LogP contribution in [0.3, 0.4) is 0 Å². The second-order valence-corrected chi connectivity index (χ2v) is 5.57. The van der Waals surface area contributed by atoms with Gasteiger partial charge in [-0.15, -0.1) is 0 Å². The highest BCUT2D eigenvalue weighted by molar-refractivity contribution is 6.60. The van der Waals surface area contributed by atoms with Crippen LogP contribution in [0.5, 0.6) is 0 Å². The zero-order chi connectivity index (χ0) is 11.6. The maximum absolute atomic E-state index is 10.1. The van der Waals surface area contributed by atoms with Crippen LogP contribution < -0.4 is 0 Å². The van der Waals surface area contributed by atoms with Gasteiger partial charge in [-0.3, -0.25) is 0 Å². The first kappa shape index (κ1) is 14.5. The molecule has 0 aromatic carbocycles. The van der Waals surface area contributed by atoms with Gasteiger partial charge in [-0.2, -0.15) is 0 Å². The molecule has 88 valence electrons. The van der Waals surface area contributed by atoms with E-state index in [2.05, 4.69) is 0 Å². The molecule has 0 saturated carbocycles. The normalized spacial score (nSPS) is 11.1. The average Bonchev–Trinajstić information content (AvgIpc) is 2.19. The summed E-state index contributed by atoms with van der Waals surface area (Å²) >= 11 is 0. The van der Waals surface area contributed by atoms with E-state index in [9.17, 15) is 4.79 Å². The fourth-order valence-electron chi connectivity index (χ4n) is 1.31. The van der Waals surface area contributed by atoms with Crippen LogP contribution in [-0.2, 0) is 18.1 Å². The van der Waals surface area contributed by atoms with Crippen molar-refractivity contribution < 1.29 is 18.1 Å².